The minimum Gasteiger partial charge on any atom is -0.496 e. The molecule has 0 spiro atoms. The van der Waals surface area contributed by atoms with Crippen LogP contribution in [-0.2, 0) is 0 Å². The molecule has 0 atom stereocenters. The first kappa shape index (κ1) is 14.9. The van der Waals surface area contributed by atoms with Crippen molar-refractivity contribution in [2.24, 2.45) is 0 Å². The summed E-state index contributed by atoms with van der Waals surface area (Å²) in [6.45, 7) is 4.14. The van der Waals surface area contributed by atoms with E-state index < -0.39 is 5.97 Å². The van der Waals surface area contributed by atoms with Crippen LogP contribution in [0.4, 0.5) is 10.5 Å². The maximum absolute atomic E-state index is 12.2. The average Bonchev–Trinajstić information content (AvgIpc) is 3.28. The number of hydrogen-bond acceptors (Lipinski definition) is 3. The number of carbonyl (C=O) groups is 2. The van der Waals surface area contributed by atoms with Crippen molar-refractivity contribution in [1.29, 1.82) is 0 Å². The number of amides is 2. The number of carboxylic acids is 1. The zero-order chi connectivity index (χ0) is 15.4. The summed E-state index contributed by atoms with van der Waals surface area (Å²) in [7, 11) is 1.39. The van der Waals surface area contributed by atoms with Gasteiger partial charge in [-0.15, -0.1) is 6.58 Å². The van der Waals surface area contributed by atoms with E-state index in [0.29, 0.717) is 12.2 Å². The lowest BCUT2D eigenvalue weighted by Crippen LogP contribution is -2.36. The molecule has 1 fully saturated rings. The monoisotopic (exact) mass is 290 g/mol. The summed E-state index contributed by atoms with van der Waals surface area (Å²) in [6, 6.07) is 4.50. The van der Waals surface area contributed by atoms with Gasteiger partial charge < -0.3 is 20.1 Å². The Hall–Kier alpha value is -2.50. The van der Waals surface area contributed by atoms with Crippen LogP contribution in [-0.4, -0.2) is 41.7 Å². The lowest BCUT2D eigenvalue weighted by Gasteiger charge is -2.21. The molecular formula is C15H18N2O4. The molecule has 1 aliphatic rings. The molecule has 1 aromatic carbocycles. The summed E-state index contributed by atoms with van der Waals surface area (Å²) in [5.74, 6) is -0.863. The SMILES string of the molecule is C=CCN(C(=O)Nc1ccc(C(=O)O)c(OC)c1)C1CC1. The largest absolute Gasteiger partial charge is 0.496 e. The molecule has 6 heteroatoms. The van der Waals surface area contributed by atoms with Crippen LogP contribution in [0.3, 0.4) is 0 Å². The first-order chi connectivity index (χ1) is 10.1. The van der Waals surface area contributed by atoms with Gasteiger partial charge in [0.05, 0.1) is 7.11 Å². The molecule has 2 N–H and O–H groups in total. The molecule has 112 valence electrons. The third-order valence-corrected chi connectivity index (χ3v) is 3.26. The van der Waals surface area contributed by atoms with Crippen LogP contribution in [0.2, 0.25) is 0 Å². The van der Waals surface area contributed by atoms with Crippen molar-refractivity contribution >= 4 is 17.7 Å². The van der Waals surface area contributed by atoms with Crippen LogP contribution in [0.1, 0.15) is 23.2 Å². The van der Waals surface area contributed by atoms with E-state index >= 15 is 0 Å². The molecule has 1 aromatic rings. The Morgan fingerprint density at radius 3 is 2.76 bits per heavy atom. The molecule has 1 aliphatic carbocycles. The van der Waals surface area contributed by atoms with Crippen LogP contribution in [0.5, 0.6) is 5.75 Å². The number of urea groups is 1. The summed E-state index contributed by atoms with van der Waals surface area (Å²) in [5.41, 5.74) is 0.553. The van der Waals surface area contributed by atoms with Gasteiger partial charge in [0.1, 0.15) is 11.3 Å². The number of aromatic carboxylic acids is 1. The van der Waals surface area contributed by atoms with Crippen molar-refractivity contribution in [2.45, 2.75) is 18.9 Å². The van der Waals surface area contributed by atoms with E-state index in [0.717, 1.165) is 12.8 Å². The van der Waals surface area contributed by atoms with Gasteiger partial charge in [-0.2, -0.15) is 0 Å². The standard InChI is InChI=1S/C15H18N2O4/c1-3-8-17(11-5-6-11)15(20)16-10-4-7-12(14(18)19)13(9-10)21-2/h3-4,7,9,11H,1,5-6,8H2,2H3,(H,16,20)(H,18,19). The molecule has 1 saturated carbocycles. The number of benzene rings is 1. The minimum absolute atomic E-state index is 0.0561. The Morgan fingerprint density at radius 1 is 1.52 bits per heavy atom. The third kappa shape index (κ3) is 3.53. The van der Waals surface area contributed by atoms with E-state index in [1.807, 2.05) is 0 Å². The predicted octanol–water partition coefficient (Wildman–Crippen LogP) is 2.58. The molecular weight excluding hydrogens is 272 g/mol. The normalized spacial score (nSPS) is 13.4. The van der Waals surface area contributed by atoms with Gasteiger partial charge in [0.2, 0.25) is 0 Å². The quantitative estimate of drug-likeness (QED) is 0.789. The highest BCUT2D eigenvalue weighted by atomic mass is 16.5. The van der Waals surface area contributed by atoms with Gasteiger partial charge in [0.15, 0.2) is 0 Å². The van der Waals surface area contributed by atoms with E-state index in [1.54, 1.807) is 17.0 Å². The van der Waals surface area contributed by atoms with Gasteiger partial charge in [0, 0.05) is 24.3 Å². The molecule has 0 radical (unpaired) electrons. The Kier molecular flexibility index (Phi) is 4.47. The molecule has 0 heterocycles. The van der Waals surface area contributed by atoms with Crippen LogP contribution in [0, 0.1) is 0 Å². The fraction of sp³-hybridized carbons (Fsp3) is 0.333. The summed E-state index contributed by atoms with van der Waals surface area (Å²) < 4.78 is 5.03. The lowest BCUT2D eigenvalue weighted by molar-refractivity contribution is 0.0693. The predicted molar refractivity (Wildman–Crippen MR) is 78.9 cm³/mol. The first-order valence-corrected chi connectivity index (χ1v) is 6.66. The molecule has 0 saturated heterocycles. The van der Waals surface area contributed by atoms with Gasteiger partial charge in [-0.1, -0.05) is 6.08 Å². The van der Waals surface area contributed by atoms with Gasteiger partial charge in [-0.05, 0) is 25.0 Å². The Morgan fingerprint density at radius 2 is 2.24 bits per heavy atom. The van der Waals surface area contributed by atoms with Gasteiger partial charge in [-0.3, -0.25) is 0 Å². The van der Waals surface area contributed by atoms with Gasteiger partial charge in [-0.25, -0.2) is 9.59 Å². The number of nitrogens with one attached hydrogen (secondary N) is 1. The zero-order valence-corrected chi connectivity index (χ0v) is 11.8. The highest BCUT2D eigenvalue weighted by Crippen LogP contribution is 2.28. The third-order valence-electron chi connectivity index (χ3n) is 3.26. The topological polar surface area (TPSA) is 78.9 Å². The molecule has 6 nitrogen and oxygen atoms in total. The summed E-state index contributed by atoms with van der Waals surface area (Å²) in [5, 5.41) is 11.8. The Balaban J connectivity index is 2.13. The molecule has 0 aliphatic heterocycles. The van der Waals surface area contributed by atoms with Crippen molar-refractivity contribution in [3.05, 3.63) is 36.4 Å². The number of ether oxygens (including phenoxy) is 1. The second kappa shape index (κ2) is 6.30. The molecule has 0 bridgehead atoms. The van der Waals surface area contributed by atoms with Crippen LogP contribution in [0.25, 0.3) is 0 Å². The van der Waals surface area contributed by atoms with E-state index in [-0.39, 0.29) is 23.4 Å². The maximum atomic E-state index is 12.2. The van der Waals surface area contributed by atoms with Crippen LogP contribution < -0.4 is 10.1 Å². The second-order valence-electron chi connectivity index (χ2n) is 4.82. The van der Waals surface area contributed by atoms with Gasteiger partial charge in [0.25, 0.3) is 0 Å². The first-order valence-electron chi connectivity index (χ1n) is 6.66. The minimum atomic E-state index is -1.07. The molecule has 0 aromatic heterocycles. The van der Waals surface area contributed by atoms with E-state index in [2.05, 4.69) is 11.9 Å². The highest BCUT2D eigenvalue weighted by Gasteiger charge is 2.31. The molecule has 0 unspecified atom stereocenters. The van der Waals surface area contributed by atoms with E-state index in [4.69, 9.17) is 9.84 Å². The second-order valence-corrected chi connectivity index (χ2v) is 4.82. The van der Waals surface area contributed by atoms with Crippen LogP contribution in [0.15, 0.2) is 30.9 Å². The van der Waals surface area contributed by atoms with Crippen molar-refractivity contribution in [3.63, 3.8) is 0 Å². The number of rotatable bonds is 6. The fourth-order valence-electron chi connectivity index (χ4n) is 2.06. The number of methoxy groups -OCH3 is 1. The Bertz CT molecular complexity index is 567. The number of anilines is 1. The molecule has 2 amide bonds. The smallest absolute Gasteiger partial charge is 0.339 e. The van der Waals surface area contributed by atoms with Crippen molar-refractivity contribution < 1.29 is 19.4 Å². The van der Waals surface area contributed by atoms with Crippen LogP contribution >= 0.6 is 0 Å². The van der Waals surface area contributed by atoms with Crippen molar-refractivity contribution in [1.82, 2.24) is 4.90 Å². The summed E-state index contributed by atoms with van der Waals surface area (Å²) >= 11 is 0. The van der Waals surface area contributed by atoms with E-state index in [1.165, 1.54) is 19.2 Å². The average molecular weight is 290 g/mol. The lowest BCUT2D eigenvalue weighted by atomic mass is 10.2. The van der Waals surface area contributed by atoms with Gasteiger partial charge >= 0.3 is 12.0 Å². The van der Waals surface area contributed by atoms with Crippen molar-refractivity contribution in [2.75, 3.05) is 19.0 Å². The number of hydrogen-bond donors (Lipinski definition) is 2. The maximum Gasteiger partial charge on any atom is 0.339 e. The fourth-order valence-corrected chi connectivity index (χ4v) is 2.06. The number of carboxylic acid groups (broad SMARTS) is 1. The molecule has 21 heavy (non-hydrogen) atoms. The molecule has 2 rings (SSSR count). The van der Waals surface area contributed by atoms with Crippen molar-refractivity contribution in [3.8, 4) is 5.75 Å². The highest BCUT2D eigenvalue weighted by molar-refractivity contribution is 5.94. The number of nitrogens with zero attached hydrogens (tertiary/aromatic N) is 1. The zero-order valence-electron chi connectivity index (χ0n) is 11.8. The number of carbonyl (C=O) groups excluding carboxylic acids is 1. The Labute approximate surface area is 123 Å². The summed E-state index contributed by atoms with van der Waals surface area (Å²) in [4.78, 5) is 24.9. The van der Waals surface area contributed by atoms with E-state index in [9.17, 15) is 9.59 Å². The summed E-state index contributed by atoms with van der Waals surface area (Å²) in [6.07, 6.45) is 3.69.